The Balaban J connectivity index is 2.64. The highest BCUT2D eigenvalue weighted by Gasteiger charge is 2.42. The van der Waals surface area contributed by atoms with Crippen LogP contribution in [0.2, 0.25) is 0 Å². The molecule has 1 aliphatic rings. The first-order valence-electron chi connectivity index (χ1n) is 6.62. The Morgan fingerprint density at radius 3 is 2.33 bits per heavy atom. The molecule has 18 heavy (non-hydrogen) atoms. The number of rotatable bonds is 5. The monoisotopic (exact) mass is 265 g/mol. The lowest BCUT2D eigenvalue weighted by molar-refractivity contribution is -0.187. The van der Waals surface area contributed by atoms with E-state index in [4.69, 9.17) is 0 Å². The first kappa shape index (κ1) is 15.5. The number of halogens is 3. The van der Waals surface area contributed by atoms with E-state index in [1.54, 1.807) is 0 Å². The van der Waals surface area contributed by atoms with E-state index in [1.807, 2.05) is 18.7 Å². The van der Waals surface area contributed by atoms with Gasteiger partial charge in [-0.25, -0.2) is 0 Å². The molecule has 0 N–H and O–H groups in total. The summed E-state index contributed by atoms with van der Waals surface area (Å²) in [5.41, 5.74) is -0.479. The van der Waals surface area contributed by atoms with Crippen molar-refractivity contribution in [3.63, 3.8) is 0 Å². The van der Waals surface area contributed by atoms with Crippen LogP contribution in [0, 0.1) is 11.3 Å². The van der Waals surface area contributed by atoms with Crippen molar-refractivity contribution in [2.75, 3.05) is 19.6 Å². The molecule has 0 saturated carbocycles. The maximum Gasteiger partial charge on any atom is 0.393 e. The summed E-state index contributed by atoms with van der Waals surface area (Å²) in [6.45, 7) is 5.00. The van der Waals surface area contributed by atoms with E-state index >= 15 is 0 Å². The first-order valence-corrected chi connectivity index (χ1v) is 6.62. The van der Waals surface area contributed by atoms with Crippen LogP contribution < -0.4 is 0 Å². The van der Waals surface area contributed by atoms with Gasteiger partial charge in [0.05, 0.1) is 5.92 Å². The highest BCUT2D eigenvalue weighted by Crippen LogP contribution is 2.35. The zero-order chi connectivity index (χ0) is 13.8. The van der Waals surface area contributed by atoms with Crippen LogP contribution in [0.25, 0.3) is 0 Å². The van der Waals surface area contributed by atoms with Crippen LogP contribution in [0.1, 0.15) is 39.5 Å². The number of likely N-dealkylation sites (tertiary alicyclic amines) is 1. The van der Waals surface area contributed by atoms with Crippen LogP contribution in [-0.2, 0) is 4.79 Å². The van der Waals surface area contributed by atoms with Gasteiger partial charge in [0, 0.05) is 18.5 Å². The smallest absolute Gasteiger partial charge is 0.303 e. The summed E-state index contributed by atoms with van der Waals surface area (Å²) in [4.78, 5) is 13.0. The van der Waals surface area contributed by atoms with Crippen LogP contribution in [0.3, 0.4) is 0 Å². The highest BCUT2D eigenvalue weighted by atomic mass is 19.4. The Hall–Kier alpha value is -0.580. The average molecular weight is 265 g/mol. The van der Waals surface area contributed by atoms with Crippen LogP contribution in [0.4, 0.5) is 13.2 Å². The number of hydrogen-bond donors (Lipinski definition) is 0. The van der Waals surface area contributed by atoms with Gasteiger partial charge < -0.3 is 9.69 Å². The molecular formula is C13H22F3NO. The number of piperidine rings is 1. The standard InChI is InChI=1S/C13H22F3NO/c1-3-12(4-2,10-18)9-17-7-5-6-11(8-17)13(14,15)16/h10-11H,3-9H2,1-2H3. The summed E-state index contributed by atoms with van der Waals surface area (Å²) < 4.78 is 38.1. The van der Waals surface area contributed by atoms with Gasteiger partial charge in [-0.2, -0.15) is 13.2 Å². The second-order valence-electron chi connectivity index (χ2n) is 5.30. The topological polar surface area (TPSA) is 20.3 Å². The van der Waals surface area contributed by atoms with Crippen LogP contribution in [0.5, 0.6) is 0 Å². The zero-order valence-corrected chi connectivity index (χ0v) is 11.1. The molecule has 1 heterocycles. The Labute approximate surface area is 107 Å². The lowest BCUT2D eigenvalue weighted by atomic mass is 9.82. The second-order valence-corrected chi connectivity index (χ2v) is 5.30. The SMILES string of the molecule is CCC(C=O)(CC)CN1CCCC(C(F)(F)F)C1. The van der Waals surface area contributed by atoms with E-state index < -0.39 is 17.5 Å². The fourth-order valence-electron chi connectivity index (χ4n) is 2.59. The maximum atomic E-state index is 12.7. The normalized spacial score (nSPS) is 23.1. The molecule has 1 saturated heterocycles. The fourth-order valence-corrected chi connectivity index (χ4v) is 2.59. The highest BCUT2D eigenvalue weighted by molar-refractivity contribution is 5.59. The average Bonchev–Trinajstić information content (AvgIpc) is 2.35. The predicted octanol–water partition coefficient (Wildman–Crippen LogP) is 3.27. The van der Waals surface area contributed by atoms with Crippen molar-refractivity contribution in [2.45, 2.75) is 45.7 Å². The van der Waals surface area contributed by atoms with E-state index in [9.17, 15) is 18.0 Å². The number of hydrogen-bond acceptors (Lipinski definition) is 2. The quantitative estimate of drug-likeness (QED) is 0.711. The summed E-state index contributed by atoms with van der Waals surface area (Å²) >= 11 is 0. The Kier molecular flexibility index (Phi) is 5.20. The van der Waals surface area contributed by atoms with Crippen molar-refractivity contribution in [3.05, 3.63) is 0 Å². The van der Waals surface area contributed by atoms with Crippen LogP contribution in [-0.4, -0.2) is 37.0 Å². The predicted molar refractivity (Wildman–Crippen MR) is 64.3 cm³/mol. The van der Waals surface area contributed by atoms with E-state index in [0.29, 0.717) is 32.4 Å². The third-order valence-electron chi connectivity index (χ3n) is 4.17. The van der Waals surface area contributed by atoms with Gasteiger partial charge in [0.15, 0.2) is 0 Å². The molecule has 0 aromatic rings. The number of alkyl halides is 3. The molecule has 0 aromatic carbocycles. The van der Waals surface area contributed by atoms with E-state index in [1.165, 1.54) is 0 Å². The minimum atomic E-state index is -4.11. The van der Waals surface area contributed by atoms with Crippen LogP contribution >= 0.6 is 0 Å². The van der Waals surface area contributed by atoms with Crippen molar-refractivity contribution >= 4 is 6.29 Å². The largest absolute Gasteiger partial charge is 0.393 e. The molecule has 1 atom stereocenters. The molecule has 0 spiro atoms. The van der Waals surface area contributed by atoms with E-state index in [0.717, 1.165) is 6.29 Å². The lowest BCUT2D eigenvalue weighted by Crippen LogP contribution is -2.46. The molecule has 1 aliphatic heterocycles. The molecule has 1 rings (SSSR count). The second kappa shape index (κ2) is 6.04. The Morgan fingerprint density at radius 2 is 1.89 bits per heavy atom. The van der Waals surface area contributed by atoms with Gasteiger partial charge in [-0.3, -0.25) is 0 Å². The molecule has 0 radical (unpaired) electrons. The van der Waals surface area contributed by atoms with Gasteiger partial charge in [0.25, 0.3) is 0 Å². The van der Waals surface area contributed by atoms with Crippen molar-refractivity contribution < 1.29 is 18.0 Å². The van der Waals surface area contributed by atoms with E-state index in [-0.39, 0.29) is 13.0 Å². The number of carbonyl (C=O) groups excluding carboxylic acids is 1. The van der Waals surface area contributed by atoms with E-state index in [2.05, 4.69) is 0 Å². The molecule has 1 fully saturated rings. The molecule has 5 heteroatoms. The van der Waals surface area contributed by atoms with Gasteiger partial charge in [0.2, 0.25) is 0 Å². The van der Waals surface area contributed by atoms with Crippen molar-refractivity contribution in [1.29, 1.82) is 0 Å². The minimum absolute atomic E-state index is 0.0408. The van der Waals surface area contributed by atoms with Crippen LogP contribution in [0.15, 0.2) is 0 Å². The van der Waals surface area contributed by atoms with Gasteiger partial charge in [-0.1, -0.05) is 13.8 Å². The summed E-state index contributed by atoms with van der Waals surface area (Å²) in [6, 6.07) is 0. The molecule has 0 aliphatic carbocycles. The fraction of sp³-hybridized carbons (Fsp3) is 0.923. The van der Waals surface area contributed by atoms with Crippen molar-refractivity contribution in [1.82, 2.24) is 4.90 Å². The van der Waals surface area contributed by atoms with Crippen molar-refractivity contribution in [3.8, 4) is 0 Å². The zero-order valence-electron chi connectivity index (χ0n) is 11.1. The molecule has 0 aromatic heterocycles. The maximum absolute atomic E-state index is 12.7. The van der Waals surface area contributed by atoms with Gasteiger partial charge >= 0.3 is 6.18 Å². The molecular weight excluding hydrogens is 243 g/mol. The third-order valence-corrected chi connectivity index (χ3v) is 4.17. The summed E-state index contributed by atoms with van der Waals surface area (Å²) in [6.07, 6.45) is -1.05. The molecule has 0 bridgehead atoms. The van der Waals surface area contributed by atoms with Gasteiger partial charge in [-0.05, 0) is 32.2 Å². The molecule has 106 valence electrons. The van der Waals surface area contributed by atoms with Gasteiger partial charge in [0.1, 0.15) is 6.29 Å². The summed E-state index contributed by atoms with van der Waals surface area (Å²) in [5.74, 6) is -1.23. The number of aldehydes is 1. The van der Waals surface area contributed by atoms with Crippen molar-refractivity contribution in [2.24, 2.45) is 11.3 Å². The molecule has 2 nitrogen and oxygen atoms in total. The third kappa shape index (κ3) is 3.70. The number of nitrogens with zero attached hydrogens (tertiary/aromatic N) is 1. The minimum Gasteiger partial charge on any atom is -0.303 e. The van der Waals surface area contributed by atoms with Gasteiger partial charge in [-0.15, -0.1) is 0 Å². The Bertz CT molecular complexity index is 274. The number of carbonyl (C=O) groups is 1. The first-order chi connectivity index (χ1) is 8.37. The summed E-state index contributed by atoms with van der Waals surface area (Å²) in [5, 5.41) is 0. The molecule has 1 unspecified atom stereocenters. The lowest BCUT2D eigenvalue weighted by Gasteiger charge is -2.38. The Morgan fingerprint density at radius 1 is 1.28 bits per heavy atom. The molecule has 0 amide bonds. The summed E-state index contributed by atoms with van der Waals surface area (Å²) in [7, 11) is 0.